The zero-order chi connectivity index (χ0) is 22.8. The molecular formula is C24H25FN6O2. The molecule has 1 aliphatic heterocycles. The molecule has 8 nitrogen and oxygen atoms in total. The van der Waals surface area contributed by atoms with Gasteiger partial charge in [-0.05, 0) is 63.7 Å². The van der Waals surface area contributed by atoms with E-state index in [2.05, 4.69) is 38.4 Å². The largest absolute Gasteiger partial charge is 0.379 e. The van der Waals surface area contributed by atoms with Crippen molar-refractivity contribution in [1.82, 2.24) is 30.1 Å². The number of fused-ring (bicyclic) bond motifs is 1. The van der Waals surface area contributed by atoms with Crippen LogP contribution in [0.5, 0.6) is 0 Å². The van der Waals surface area contributed by atoms with Gasteiger partial charge in [0.05, 0.1) is 19.8 Å². The smallest absolute Gasteiger partial charge is 0.253 e. The van der Waals surface area contributed by atoms with Crippen LogP contribution < -0.4 is 5.56 Å². The van der Waals surface area contributed by atoms with Crippen LogP contribution >= 0.6 is 0 Å². The number of pyridine rings is 1. The molecule has 170 valence electrons. The number of aryl methyl sites for hydroxylation is 1. The Labute approximate surface area is 190 Å². The monoisotopic (exact) mass is 448 g/mol. The van der Waals surface area contributed by atoms with E-state index in [1.807, 2.05) is 18.2 Å². The number of aromatic nitrogens is 5. The van der Waals surface area contributed by atoms with Crippen LogP contribution in [0.4, 0.5) is 4.39 Å². The van der Waals surface area contributed by atoms with Gasteiger partial charge < -0.3 is 9.72 Å². The van der Waals surface area contributed by atoms with Crippen molar-refractivity contribution in [1.29, 1.82) is 0 Å². The van der Waals surface area contributed by atoms with Crippen LogP contribution in [0.25, 0.3) is 10.9 Å². The second kappa shape index (κ2) is 9.21. The van der Waals surface area contributed by atoms with Crippen LogP contribution in [0.3, 0.4) is 0 Å². The normalized spacial score (nSPS) is 15.7. The molecular weight excluding hydrogens is 423 g/mol. The van der Waals surface area contributed by atoms with Gasteiger partial charge in [0, 0.05) is 24.2 Å². The third-order valence-corrected chi connectivity index (χ3v) is 6.10. The Bertz CT molecular complexity index is 1310. The number of morpholine rings is 1. The molecule has 0 saturated carbocycles. The molecule has 0 aliphatic carbocycles. The van der Waals surface area contributed by atoms with Crippen LogP contribution in [0, 0.1) is 5.82 Å². The average molecular weight is 449 g/mol. The molecule has 0 radical (unpaired) electrons. The first-order valence-corrected chi connectivity index (χ1v) is 11.1. The van der Waals surface area contributed by atoms with Crippen LogP contribution in [0.15, 0.2) is 53.3 Å². The van der Waals surface area contributed by atoms with Crippen LogP contribution in [0.2, 0.25) is 0 Å². The van der Waals surface area contributed by atoms with Crippen molar-refractivity contribution in [2.24, 2.45) is 0 Å². The van der Waals surface area contributed by atoms with E-state index < -0.39 is 6.04 Å². The van der Waals surface area contributed by atoms with Crippen molar-refractivity contribution < 1.29 is 9.13 Å². The predicted molar refractivity (Wildman–Crippen MR) is 122 cm³/mol. The summed E-state index contributed by atoms with van der Waals surface area (Å²) in [5.74, 6) is 0.272. The summed E-state index contributed by atoms with van der Waals surface area (Å²) in [6.07, 6.45) is 0.910. The number of halogens is 1. The van der Waals surface area contributed by atoms with Crippen molar-refractivity contribution in [3.05, 3.63) is 87.2 Å². The molecule has 1 N–H and O–H groups in total. The molecule has 9 heteroatoms. The van der Waals surface area contributed by atoms with Gasteiger partial charge in [-0.3, -0.25) is 9.69 Å². The molecule has 0 amide bonds. The molecule has 0 spiro atoms. The Morgan fingerprint density at radius 1 is 1.09 bits per heavy atom. The predicted octanol–water partition coefficient (Wildman–Crippen LogP) is 2.69. The highest BCUT2D eigenvalue weighted by atomic mass is 19.1. The topological polar surface area (TPSA) is 88.9 Å². The lowest BCUT2D eigenvalue weighted by molar-refractivity contribution is 0.0214. The first kappa shape index (κ1) is 21.4. The van der Waals surface area contributed by atoms with Gasteiger partial charge in [-0.2, -0.15) is 0 Å². The van der Waals surface area contributed by atoms with E-state index in [0.29, 0.717) is 44.2 Å². The summed E-state index contributed by atoms with van der Waals surface area (Å²) in [6, 6.07) is 13.8. The minimum atomic E-state index is -0.442. The van der Waals surface area contributed by atoms with Gasteiger partial charge in [-0.15, -0.1) is 5.10 Å². The summed E-state index contributed by atoms with van der Waals surface area (Å²) < 4.78 is 20.6. The first-order valence-electron chi connectivity index (χ1n) is 11.1. The number of tetrazole rings is 1. The molecule has 2 aromatic heterocycles. The summed E-state index contributed by atoms with van der Waals surface area (Å²) in [6.45, 7) is 4.92. The number of hydrogen-bond donors (Lipinski definition) is 1. The Morgan fingerprint density at radius 3 is 2.61 bits per heavy atom. The summed E-state index contributed by atoms with van der Waals surface area (Å²) >= 11 is 0. The van der Waals surface area contributed by atoms with E-state index in [4.69, 9.17) is 4.74 Å². The number of benzene rings is 2. The second-order valence-corrected chi connectivity index (χ2v) is 8.20. The minimum Gasteiger partial charge on any atom is -0.379 e. The van der Waals surface area contributed by atoms with E-state index in [0.717, 1.165) is 22.9 Å². The molecule has 0 bridgehead atoms. The number of ether oxygens (including phenoxy) is 1. The zero-order valence-corrected chi connectivity index (χ0v) is 18.4. The third kappa shape index (κ3) is 4.42. The number of nitrogens with one attached hydrogen (secondary N) is 1. The van der Waals surface area contributed by atoms with Gasteiger partial charge in [-0.25, -0.2) is 9.07 Å². The second-order valence-electron chi connectivity index (χ2n) is 8.20. The zero-order valence-electron chi connectivity index (χ0n) is 18.4. The molecule has 1 aliphatic rings. The molecule has 1 fully saturated rings. The molecule has 3 heterocycles. The molecule has 0 unspecified atom stereocenters. The quantitative estimate of drug-likeness (QED) is 0.488. The number of hydrogen-bond acceptors (Lipinski definition) is 6. The first-order chi connectivity index (χ1) is 16.1. The fraction of sp³-hybridized carbons (Fsp3) is 0.333. The van der Waals surface area contributed by atoms with Gasteiger partial charge >= 0.3 is 0 Å². The van der Waals surface area contributed by atoms with Crippen molar-refractivity contribution >= 4 is 10.9 Å². The summed E-state index contributed by atoms with van der Waals surface area (Å²) in [7, 11) is 0. The van der Waals surface area contributed by atoms with Gasteiger partial charge in [-0.1, -0.05) is 25.1 Å². The Morgan fingerprint density at radius 2 is 1.85 bits per heavy atom. The SMILES string of the molecule is CCc1ccc2[nH]c(=O)c([C@@H](c3nnnn3Cc3ccc(F)cc3)N3CCOCC3)cc2c1. The van der Waals surface area contributed by atoms with E-state index in [1.165, 1.54) is 17.7 Å². The maximum Gasteiger partial charge on any atom is 0.253 e. The van der Waals surface area contributed by atoms with E-state index in [1.54, 1.807) is 16.8 Å². The highest BCUT2D eigenvalue weighted by Gasteiger charge is 2.31. The summed E-state index contributed by atoms with van der Waals surface area (Å²) in [5.41, 5.74) is 3.29. The van der Waals surface area contributed by atoms with Crippen LogP contribution in [-0.4, -0.2) is 56.4 Å². The fourth-order valence-corrected chi connectivity index (χ4v) is 4.31. The van der Waals surface area contributed by atoms with Crippen LogP contribution in [0.1, 0.15) is 35.5 Å². The van der Waals surface area contributed by atoms with Crippen molar-refractivity contribution in [2.75, 3.05) is 26.3 Å². The van der Waals surface area contributed by atoms with E-state index in [9.17, 15) is 9.18 Å². The molecule has 1 saturated heterocycles. The lowest BCUT2D eigenvalue weighted by Gasteiger charge is -2.33. The Kier molecular flexibility index (Phi) is 5.97. The average Bonchev–Trinajstić information content (AvgIpc) is 3.29. The van der Waals surface area contributed by atoms with Crippen LogP contribution in [-0.2, 0) is 17.7 Å². The summed E-state index contributed by atoms with van der Waals surface area (Å²) in [5, 5.41) is 13.4. The lowest BCUT2D eigenvalue weighted by atomic mass is 10.0. The molecule has 5 rings (SSSR count). The van der Waals surface area contributed by atoms with Crippen molar-refractivity contribution in [3.63, 3.8) is 0 Å². The molecule has 2 aromatic carbocycles. The number of H-pyrrole nitrogens is 1. The number of nitrogens with zero attached hydrogens (tertiary/aromatic N) is 5. The minimum absolute atomic E-state index is 0.167. The number of rotatable bonds is 6. The Hall–Kier alpha value is -3.43. The highest BCUT2D eigenvalue weighted by Crippen LogP contribution is 2.28. The van der Waals surface area contributed by atoms with Gasteiger partial charge in [0.1, 0.15) is 11.9 Å². The molecule has 1 atom stereocenters. The summed E-state index contributed by atoms with van der Waals surface area (Å²) in [4.78, 5) is 18.5. The van der Waals surface area contributed by atoms with Gasteiger partial charge in [0.15, 0.2) is 5.82 Å². The lowest BCUT2D eigenvalue weighted by Crippen LogP contribution is -2.42. The fourth-order valence-electron chi connectivity index (χ4n) is 4.31. The number of aromatic amines is 1. The molecule has 4 aromatic rings. The van der Waals surface area contributed by atoms with Crippen molar-refractivity contribution in [3.8, 4) is 0 Å². The third-order valence-electron chi connectivity index (χ3n) is 6.10. The standard InChI is InChI=1S/C24H25FN6O2/c1-2-16-5-8-21-18(13-16)14-20(24(32)26-21)22(30-9-11-33-12-10-30)23-27-28-29-31(23)15-17-3-6-19(25)7-4-17/h3-8,13-14,22H,2,9-12,15H2,1H3,(H,26,32)/t22-/m0/s1. The maximum atomic E-state index is 13.4. The van der Waals surface area contributed by atoms with Gasteiger partial charge in [0.25, 0.3) is 5.56 Å². The van der Waals surface area contributed by atoms with E-state index in [-0.39, 0.29) is 11.4 Å². The van der Waals surface area contributed by atoms with Crippen molar-refractivity contribution in [2.45, 2.75) is 25.9 Å². The highest BCUT2D eigenvalue weighted by molar-refractivity contribution is 5.80. The molecule has 33 heavy (non-hydrogen) atoms. The van der Waals surface area contributed by atoms with Gasteiger partial charge in [0.2, 0.25) is 0 Å². The van der Waals surface area contributed by atoms with E-state index >= 15 is 0 Å². The maximum absolute atomic E-state index is 13.4. The Balaban J connectivity index is 1.61.